The van der Waals surface area contributed by atoms with Gasteiger partial charge in [0.25, 0.3) is 5.91 Å². The SMILES string of the molecule is Cc1ccsc1C(=O)Nc1ccccc1C#N. The van der Waals surface area contributed by atoms with E-state index in [0.29, 0.717) is 16.1 Å². The minimum absolute atomic E-state index is 0.166. The molecule has 0 atom stereocenters. The van der Waals surface area contributed by atoms with Gasteiger partial charge in [-0.15, -0.1) is 11.3 Å². The van der Waals surface area contributed by atoms with Gasteiger partial charge in [-0.05, 0) is 36.1 Å². The molecule has 1 heterocycles. The van der Waals surface area contributed by atoms with E-state index < -0.39 is 0 Å². The molecule has 1 amide bonds. The topological polar surface area (TPSA) is 52.9 Å². The van der Waals surface area contributed by atoms with Gasteiger partial charge in [-0.2, -0.15) is 5.26 Å². The van der Waals surface area contributed by atoms with Gasteiger partial charge in [-0.25, -0.2) is 0 Å². The van der Waals surface area contributed by atoms with Crippen LogP contribution in [0.2, 0.25) is 0 Å². The molecule has 0 bridgehead atoms. The summed E-state index contributed by atoms with van der Waals surface area (Å²) in [5.74, 6) is -0.166. The number of carbonyl (C=O) groups excluding carboxylic acids is 1. The number of aryl methyl sites for hydroxylation is 1. The highest BCUT2D eigenvalue weighted by Gasteiger charge is 2.12. The van der Waals surface area contributed by atoms with E-state index in [-0.39, 0.29) is 5.91 Å². The number of hydrogen-bond donors (Lipinski definition) is 1. The van der Waals surface area contributed by atoms with Crippen molar-refractivity contribution in [3.05, 3.63) is 51.7 Å². The molecule has 4 heteroatoms. The third kappa shape index (κ3) is 2.35. The Labute approximate surface area is 103 Å². The summed E-state index contributed by atoms with van der Waals surface area (Å²) in [4.78, 5) is 12.6. The summed E-state index contributed by atoms with van der Waals surface area (Å²) in [6.07, 6.45) is 0. The monoisotopic (exact) mass is 242 g/mol. The molecule has 2 aromatic rings. The van der Waals surface area contributed by atoms with E-state index in [1.807, 2.05) is 24.4 Å². The normalized spacial score (nSPS) is 9.65. The minimum Gasteiger partial charge on any atom is -0.320 e. The zero-order chi connectivity index (χ0) is 12.3. The van der Waals surface area contributed by atoms with Crippen LogP contribution in [-0.4, -0.2) is 5.91 Å². The standard InChI is InChI=1S/C13H10N2OS/c1-9-6-7-17-12(9)13(16)15-11-5-3-2-4-10(11)8-14/h2-7H,1H3,(H,15,16). The summed E-state index contributed by atoms with van der Waals surface area (Å²) in [5.41, 5.74) is 1.96. The second-order valence-corrected chi connectivity index (χ2v) is 4.46. The predicted octanol–water partition coefficient (Wildman–Crippen LogP) is 3.18. The predicted molar refractivity (Wildman–Crippen MR) is 68.2 cm³/mol. The molecule has 0 saturated heterocycles. The first-order chi connectivity index (χ1) is 8.22. The summed E-state index contributed by atoms with van der Waals surface area (Å²) < 4.78 is 0. The van der Waals surface area contributed by atoms with Crippen molar-refractivity contribution >= 4 is 22.9 Å². The molecule has 0 aliphatic heterocycles. The first-order valence-electron chi connectivity index (χ1n) is 5.07. The van der Waals surface area contributed by atoms with Gasteiger partial charge in [0.05, 0.1) is 16.1 Å². The lowest BCUT2D eigenvalue weighted by Crippen LogP contribution is -2.12. The number of anilines is 1. The number of rotatable bonds is 2. The van der Waals surface area contributed by atoms with Crippen molar-refractivity contribution in [2.24, 2.45) is 0 Å². The number of benzene rings is 1. The first-order valence-corrected chi connectivity index (χ1v) is 5.95. The Morgan fingerprint density at radius 1 is 1.35 bits per heavy atom. The van der Waals surface area contributed by atoms with Gasteiger partial charge < -0.3 is 5.32 Å². The minimum atomic E-state index is -0.166. The van der Waals surface area contributed by atoms with E-state index in [4.69, 9.17) is 5.26 Å². The molecule has 0 aliphatic carbocycles. The molecule has 17 heavy (non-hydrogen) atoms. The van der Waals surface area contributed by atoms with E-state index in [1.54, 1.807) is 24.3 Å². The van der Waals surface area contributed by atoms with Gasteiger partial charge in [0.15, 0.2) is 0 Å². The van der Waals surface area contributed by atoms with Crippen LogP contribution in [0.1, 0.15) is 20.8 Å². The Hall–Kier alpha value is -2.12. The Balaban J connectivity index is 2.26. The van der Waals surface area contributed by atoms with Crippen LogP contribution >= 0.6 is 11.3 Å². The molecule has 0 spiro atoms. The van der Waals surface area contributed by atoms with Crippen molar-refractivity contribution in [1.82, 2.24) is 0 Å². The van der Waals surface area contributed by atoms with Gasteiger partial charge >= 0.3 is 0 Å². The van der Waals surface area contributed by atoms with Crippen LogP contribution in [0.25, 0.3) is 0 Å². The summed E-state index contributed by atoms with van der Waals surface area (Å²) in [7, 11) is 0. The molecule has 2 rings (SSSR count). The van der Waals surface area contributed by atoms with Crippen molar-refractivity contribution in [3.8, 4) is 6.07 Å². The van der Waals surface area contributed by atoms with E-state index in [0.717, 1.165) is 5.56 Å². The maximum atomic E-state index is 12.0. The van der Waals surface area contributed by atoms with Crippen LogP contribution in [0.3, 0.4) is 0 Å². The van der Waals surface area contributed by atoms with Crippen LogP contribution in [0, 0.1) is 18.3 Å². The van der Waals surface area contributed by atoms with Crippen LogP contribution in [0.15, 0.2) is 35.7 Å². The highest BCUT2D eigenvalue weighted by atomic mass is 32.1. The Morgan fingerprint density at radius 2 is 2.12 bits per heavy atom. The average Bonchev–Trinajstić information content (AvgIpc) is 2.76. The Kier molecular flexibility index (Phi) is 3.22. The highest BCUT2D eigenvalue weighted by molar-refractivity contribution is 7.12. The molecule has 84 valence electrons. The number of carbonyl (C=O) groups is 1. The van der Waals surface area contributed by atoms with E-state index in [9.17, 15) is 4.79 Å². The van der Waals surface area contributed by atoms with E-state index >= 15 is 0 Å². The fraction of sp³-hybridized carbons (Fsp3) is 0.0769. The van der Waals surface area contributed by atoms with Gasteiger partial charge in [0.1, 0.15) is 6.07 Å². The number of nitrogens with one attached hydrogen (secondary N) is 1. The van der Waals surface area contributed by atoms with E-state index in [1.165, 1.54) is 11.3 Å². The average molecular weight is 242 g/mol. The lowest BCUT2D eigenvalue weighted by atomic mass is 10.2. The Morgan fingerprint density at radius 3 is 2.76 bits per heavy atom. The maximum Gasteiger partial charge on any atom is 0.266 e. The smallest absolute Gasteiger partial charge is 0.266 e. The van der Waals surface area contributed by atoms with Gasteiger partial charge in [0.2, 0.25) is 0 Å². The largest absolute Gasteiger partial charge is 0.320 e. The van der Waals surface area contributed by atoms with Gasteiger partial charge in [-0.1, -0.05) is 12.1 Å². The molecule has 0 fully saturated rings. The lowest BCUT2D eigenvalue weighted by molar-refractivity contribution is 0.103. The second-order valence-electron chi connectivity index (χ2n) is 3.54. The van der Waals surface area contributed by atoms with Crippen molar-refractivity contribution in [2.75, 3.05) is 5.32 Å². The zero-order valence-electron chi connectivity index (χ0n) is 9.23. The summed E-state index contributed by atoms with van der Waals surface area (Å²) in [6, 6.07) is 10.9. The summed E-state index contributed by atoms with van der Waals surface area (Å²) in [6.45, 7) is 1.89. The third-order valence-electron chi connectivity index (χ3n) is 2.36. The van der Waals surface area contributed by atoms with Crippen LogP contribution in [0.5, 0.6) is 0 Å². The number of thiophene rings is 1. The molecular formula is C13H10N2OS. The van der Waals surface area contributed by atoms with Crippen molar-refractivity contribution in [1.29, 1.82) is 5.26 Å². The first kappa shape index (κ1) is 11.4. The summed E-state index contributed by atoms with van der Waals surface area (Å²) >= 11 is 1.40. The quantitative estimate of drug-likeness (QED) is 0.879. The number of amides is 1. The fourth-order valence-corrected chi connectivity index (χ4v) is 2.29. The van der Waals surface area contributed by atoms with Gasteiger partial charge in [-0.3, -0.25) is 4.79 Å². The van der Waals surface area contributed by atoms with Crippen molar-refractivity contribution in [3.63, 3.8) is 0 Å². The zero-order valence-corrected chi connectivity index (χ0v) is 10.0. The van der Waals surface area contributed by atoms with E-state index in [2.05, 4.69) is 5.32 Å². The molecule has 1 N–H and O–H groups in total. The number of para-hydroxylation sites is 1. The number of hydrogen-bond acceptors (Lipinski definition) is 3. The molecule has 3 nitrogen and oxygen atoms in total. The maximum absolute atomic E-state index is 12.0. The fourth-order valence-electron chi connectivity index (χ4n) is 1.47. The second kappa shape index (κ2) is 4.81. The molecular weight excluding hydrogens is 232 g/mol. The molecule has 0 unspecified atom stereocenters. The Bertz CT molecular complexity index is 595. The number of nitriles is 1. The lowest BCUT2D eigenvalue weighted by Gasteiger charge is -2.05. The van der Waals surface area contributed by atoms with Crippen LogP contribution in [-0.2, 0) is 0 Å². The molecule has 1 aromatic carbocycles. The highest BCUT2D eigenvalue weighted by Crippen LogP contribution is 2.19. The van der Waals surface area contributed by atoms with Gasteiger partial charge in [0, 0.05) is 0 Å². The molecule has 0 radical (unpaired) electrons. The van der Waals surface area contributed by atoms with Crippen molar-refractivity contribution in [2.45, 2.75) is 6.92 Å². The molecule has 0 saturated carbocycles. The van der Waals surface area contributed by atoms with Crippen LogP contribution < -0.4 is 5.32 Å². The summed E-state index contributed by atoms with van der Waals surface area (Å²) in [5, 5.41) is 13.5. The third-order valence-corrected chi connectivity index (χ3v) is 3.38. The number of nitrogens with zero attached hydrogens (tertiary/aromatic N) is 1. The molecule has 1 aromatic heterocycles. The molecule has 0 aliphatic rings. The van der Waals surface area contributed by atoms with Crippen molar-refractivity contribution < 1.29 is 4.79 Å². The van der Waals surface area contributed by atoms with Crippen LogP contribution in [0.4, 0.5) is 5.69 Å².